The number of methoxy groups -OCH3 is 2. The third-order valence-electron chi connectivity index (χ3n) is 3.29. The van der Waals surface area contributed by atoms with Crippen molar-refractivity contribution in [3.8, 4) is 0 Å². The first-order valence-electron chi connectivity index (χ1n) is 7.08. The Morgan fingerprint density at radius 2 is 1.61 bits per heavy atom. The molecule has 0 aromatic heterocycles. The van der Waals surface area contributed by atoms with E-state index in [4.69, 9.17) is 23.7 Å². The van der Waals surface area contributed by atoms with Crippen LogP contribution < -0.4 is 5.32 Å². The van der Waals surface area contributed by atoms with E-state index in [-0.39, 0.29) is 12.5 Å². The van der Waals surface area contributed by atoms with Crippen molar-refractivity contribution in [2.45, 2.75) is 51.4 Å². The number of nitrogens with one attached hydrogen (secondary N) is 1. The zero-order chi connectivity index (χ0) is 17.6. The Hall–Kier alpha value is -1.71. The number of carbonyl (C=O) groups excluding carboxylic acids is 3. The average molecular weight is 333 g/mol. The number of ether oxygens (including phenoxy) is 5. The van der Waals surface area contributed by atoms with Gasteiger partial charge in [0.05, 0.1) is 0 Å². The summed E-state index contributed by atoms with van der Waals surface area (Å²) < 4.78 is 26.5. The molecular formula is C14H23NO8. The van der Waals surface area contributed by atoms with Crippen LogP contribution >= 0.6 is 0 Å². The summed E-state index contributed by atoms with van der Waals surface area (Å²) in [5.74, 6) is -1.40. The number of amides is 1. The zero-order valence-electron chi connectivity index (χ0n) is 13.9. The molecule has 0 aromatic rings. The van der Waals surface area contributed by atoms with Gasteiger partial charge in [0.15, 0.2) is 0 Å². The van der Waals surface area contributed by atoms with Crippen LogP contribution in [0.3, 0.4) is 0 Å². The van der Waals surface area contributed by atoms with Gasteiger partial charge in [-0.1, -0.05) is 0 Å². The molecule has 0 unspecified atom stereocenters. The molecule has 9 heteroatoms. The third kappa shape index (κ3) is 5.45. The second-order valence-corrected chi connectivity index (χ2v) is 5.08. The van der Waals surface area contributed by atoms with Gasteiger partial charge in [-0.3, -0.25) is 14.4 Å². The largest absolute Gasteiger partial charge is 0.463 e. The van der Waals surface area contributed by atoms with Crippen LogP contribution in [0.4, 0.5) is 0 Å². The fourth-order valence-electron chi connectivity index (χ4n) is 2.45. The van der Waals surface area contributed by atoms with Gasteiger partial charge in [-0.05, 0) is 0 Å². The van der Waals surface area contributed by atoms with E-state index in [0.717, 1.165) is 0 Å². The monoisotopic (exact) mass is 333 g/mol. The first kappa shape index (κ1) is 19.3. The topological polar surface area (TPSA) is 109 Å². The Morgan fingerprint density at radius 1 is 1.00 bits per heavy atom. The van der Waals surface area contributed by atoms with E-state index in [1.807, 2.05) is 0 Å². The lowest BCUT2D eigenvalue weighted by atomic mass is 9.96. The minimum atomic E-state index is -1.09. The molecule has 23 heavy (non-hydrogen) atoms. The van der Waals surface area contributed by atoms with Gasteiger partial charge in [-0.15, -0.1) is 0 Å². The molecule has 1 aliphatic rings. The predicted molar refractivity (Wildman–Crippen MR) is 76.3 cm³/mol. The summed E-state index contributed by atoms with van der Waals surface area (Å²) in [6.45, 7) is 3.71. The second kappa shape index (κ2) is 8.80. The van der Waals surface area contributed by atoms with Gasteiger partial charge in [-0.25, -0.2) is 0 Å². The molecule has 1 N–H and O–H groups in total. The summed E-state index contributed by atoms with van der Waals surface area (Å²) in [5.41, 5.74) is 0. The quantitative estimate of drug-likeness (QED) is 0.640. The molecule has 0 radical (unpaired) electrons. The van der Waals surface area contributed by atoms with Crippen LogP contribution in [0.1, 0.15) is 20.8 Å². The molecule has 0 aromatic carbocycles. The maximum absolute atomic E-state index is 11.4. The molecule has 1 saturated heterocycles. The van der Waals surface area contributed by atoms with Crippen LogP contribution in [-0.2, 0) is 38.1 Å². The molecule has 1 heterocycles. The van der Waals surface area contributed by atoms with E-state index in [9.17, 15) is 14.4 Å². The van der Waals surface area contributed by atoms with Crippen LogP contribution in [0.5, 0.6) is 0 Å². The van der Waals surface area contributed by atoms with Crippen LogP contribution in [0, 0.1) is 0 Å². The standard InChI is InChI=1S/C14H23NO8/c1-7(16)15-11-13(20-5)12(19-4)10(6-21-8(2)17)23-14(11)22-9(3)18/h10-14H,6H2,1-5H3,(H,15,16)/t10-,11-,12+,13-,14+/m1/s1. The third-order valence-corrected chi connectivity index (χ3v) is 3.29. The summed E-state index contributed by atoms with van der Waals surface area (Å²) in [6.07, 6.45) is -3.11. The summed E-state index contributed by atoms with van der Waals surface area (Å²) in [4.78, 5) is 33.7. The lowest BCUT2D eigenvalue weighted by Gasteiger charge is -2.44. The van der Waals surface area contributed by atoms with Crippen molar-refractivity contribution in [1.29, 1.82) is 0 Å². The minimum Gasteiger partial charge on any atom is -0.463 e. The highest BCUT2D eigenvalue weighted by atomic mass is 16.7. The number of hydrogen-bond donors (Lipinski definition) is 1. The van der Waals surface area contributed by atoms with Crippen molar-refractivity contribution < 1.29 is 38.1 Å². The Bertz CT molecular complexity index is 440. The number of rotatable bonds is 6. The zero-order valence-corrected chi connectivity index (χ0v) is 13.9. The van der Waals surface area contributed by atoms with E-state index >= 15 is 0 Å². The summed E-state index contributed by atoms with van der Waals surface area (Å²) >= 11 is 0. The molecule has 0 saturated carbocycles. The predicted octanol–water partition coefficient (Wildman–Crippen LogP) is -0.628. The fourth-order valence-corrected chi connectivity index (χ4v) is 2.45. The summed E-state index contributed by atoms with van der Waals surface area (Å²) in [6, 6.07) is -0.764. The highest BCUT2D eigenvalue weighted by Crippen LogP contribution is 2.26. The molecule has 0 bridgehead atoms. The Kier molecular flexibility index (Phi) is 7.40. The minimum absolute atomic E-state index is 0.0990. The number of hydrogen-bond acceptors (Lipinski definition) is 8. The number of carbonyl (C=O) groups is 3. The SMILES string of the molecule is CO[C@@H]1[C@@H](NC(C)=O)[C@@H](OC(C)=O)O[C@H](COC(C)=O)[C@@H]1OC. The van der Waals surface area contributed by atoms with Gasteiger partial charge in [0.25, 0.3) is 0 Å². The molecule has 1 amide bonds. The van der Waals surface area contributed by atoms with Crippen molar-refractivity contribution in [3.63, 3.8) is 0 Å². The van der Waals surface area contributed by atoms with Gasteiger partial charge in [0, 0.05) is 35.0 Å². The maximum atomic E-state index is 11.4. The smallest absolute Gasteiger partial charge is 0.305 e. The Morgan fingerprint density at radius 3 is 2.04 bits per heavy atom. The average Bonchev–Trinajstić information content (AvgIpc) is 2.45. The van der Waals surface area contributed by atoms with Gasteiger partial charge in [-0.2, -0.15) is 0 Å². The lowest BCUT2D eigenvalue weighted by Crippen LogP contribution is -2.65. The molecule has 9 nitrogen and oxygen atoms in total. The van der Waals surface area contributed by atoms with Gasteiger partial charge < -0.3 is 29.0 Å². The molecular weight excluding hydrogens is 310 g/mol. The maximum Gasteiger partial charge on any atom is 0.305 e. The molecule has 132 valence electrons. The highest BCUT2D eigenvalue weighted by Gasteiger charge is 2.49. The Labute approximate surface area is 134 Å². The number of esters is 2. The lowest BCUT2D eigenvalue weighted by molar-refractivity contribution is -0.271. The fraction of sp³-hybridized carbons (Fsp3) is 0.786. The van der Waals surface area contributed by atoms with E-state index in [1.165, 1.54) is 35.0 Å². The van der Waals surface area contributed by atoms with Crippen LogP contribution in [-0.4, -0.2) is 69.3 Å². The van der Waals surface area contributed by atoms with Gasteiger partial charge in [0.1, 0.15) is 31.0 Å². The second-order valence-electron chi connectivity index (χ2n) is 5.08. The van der Waals surface area contributed by atoms with Crippen molar-refractivity contribution in [2.75, 3.05) is 20.8 Å². The normalized spacial score (nSPS) is 30.4. The van der Waals surface area contributed by atoms with Gasteiger partial charge >= 0.3 is 11.9 Å². The summed E-state index contributed by atoms with van der Waals surface area (Å²) in [7, 11) is 2.88. The first-order valence-corrected chi connectivity index (χ1v) is 7.08. The molecule has 1 rings (SSSR count). The van der Waals surface area contributed by atoms with Crippen molar-refractivity contribution in [3.05, 3.63) is 0 Å². The highest BCUT2D eigenvalue weighted by molar-refractivity contribution is 5.73. The van der Waals surface area contributed by atoms with Crippen molar-refractivity contribution in [2.24, 2.45) is 0 Å². The molecule has 1 fully saturated rings. The molecule has 0 spiro atoms. The Balaban J connectivity index is 3.02. The van der Waals surface area contributed by atoms with Crippen LogP contribution in [0.25, 0.3) is 0 Å². The summed E-state index contributed by atoms with van der Waals surface area (Å²) in [5, 5.41) is 2.63. The molecule has 5 atom stereocenters. The van der Waals surface area contributed by atoms with E-state index < -0.39 is 42.6 Å². The van der Waals surface area contributed by atoms with E-state index in [1.54, 1.807) is 0 Å². The molecule has 0 aliphatic carbocycles. The van der Waals surface area contributed by atoms with Crippen molar-refractivity contribution >= 4 is 17.8 Å². The van der Waals surface area contributed by atoms with Crippen LogP contribution in [0.2, 0.25) is 0 Å². The molecule has 1 aliphatic heterocycles. The first-order chi connectivity index (χ1) is 10.8. The van der Waals surface area contributed by atoms with Gasteiger partial charge in [0.2, 0.25) is 12.2 Å². The van der Waals surface area contributed by atoms with E-state index in [2.05, 4.69) is 5.32 Å². The van der Waals surface area contributed by atoms with Crippen LogP contribution in [0.15, 0.2) is 0 Å². The van der Waals surface area contributed by atoms with Crippen molar-refractivity contribution in [1.82, 2.24) is 5.32 Å². The van der Waals surface area contributed by atoms with E-state index in [0.29, 0.717) is 0 Å².